The molecule has 0 radical (unpaired) electrons. The van der Waals surface area contributed by atoms with Gasteiger partial charge in [-0.2, -0.15) is 0 Å². The fourth-order valence-electron chi connectivity index (χ4n) is 0.831. The number of carbonyl (C=O) groups excluding carboxylic acids is 1. The van der Waals surface area contributed by atoms with Crippen molar-refractivity contribution in [1.82, 2.24) is 10.6 Å². The maximum absolute atomic E-state index is 10.7. The van der Waals surface area contributed by atoms with Gasteiger partial charge in [-0.15, -0.1) is 0 Å². The third kappa shape index (κ3) is 2.29. The highest BCUT2D eigenvalue weighted by atomic mass is 32.2. The van der Waals surface area contributed by atoms with Gasteiger partial charge in [0, 0.05) is 6.42 Å². The van der Waals surface area contributed by atoms with Crippen LogP contribution in [0.2, 0.25) is 0 Å². The summed E-state index contributed by atoms with van der Waals surface area (Å²) in [6.45, 7) is 0. The smallest absolute Gasteiger partial charge is 0.321 e. The van der Waals surface area contributed by atoms with Crippen LogP contribution in [0.4, 0.5) is 4.79 Å². The van der Waals surface area contributed by atoms with E-state index in [9.17, 15) is 17.8 Å². The number of oxime groups is 1. The molecule has 1 aliphatic rings. The van der Waals surface area contributed by atoms with Gasteiger partial charge in [0.15, 0.2) is 5.84 Å². The maximum Gasteiger partial charge on any atom is 0.321 e. The molecule has 0 saturated carbocycles. The molecule has 0 aromatic rings. The van der Waals surface area contributed by atoms with Gasteiger partial charge in [-0.1, -0.05) is 5.16 Å². The lowest BCUT2D eigenvalue weighted by Crippen LogP contribution is -2.55. The van der Waals surface area contributed by atoms with Gasteiger partial charge in [0.05, 0.1) is 0 Å². The van der Waals surface area contributed by atoms with Crippen molar-refractivity contribution in [1.29, 1.82) is 0 Å². The first kappa shape index (κ1) is 9.74. The molecular formula is C4H6N3O5S-. The molecule has 1 aliphatic heterocycles. The summed E-state index contributed by atoms with van der Waals surface area (Å²) in [7, 11) is -4.62. The minimum absolute atomic E-state index is 0.256. The number of amidine groups is 1. The fraction of sp³-hybridized carbons (Fsp3) is 0.500. The molecule has 0 spiro atoms. The highest BCUT2D eigenvalue weighted by Crippen LogP contribution is 2.05. The lowest BCUT2D eigenvalue weighted by molar-refractivity contribution is 0.239. The molecule has 9 heteroatoms. The van der Waals surface area contributed by atoms with Crippen molar-refractivity contribution < 1.29 is 23.0 Å². The predicted octanol–water partition coefficient (Wildman–Crippen LogP) is -1.65. The Labute approximate surface area is 73.4 Å². The van der Waals surface area contributed by atoms with Crippen LogP contribution in [0.25, 0.3) is 0 Å². The van der Waals surface area contributed by atoms with E-state index in [4.69, 9.17) is 5.21 Å². The number of nitrogens with zero attached hydrogens (tertiary/aromatic N) is 1. The Morgan fingerprint density at radius 3 is 2.69 bits per heavy atom. The number of amides is 2. The van der Waals surface area contributed by atoms with E-state index in [-0.39, 0.29) is 12.3 Å². The van der Waals surface area contributed by atoms with Crippen molar-refractivity contribution in [2.45, 2.75) is 11.8 Å². The summed E-state index contributed by atoms with van der Waals surface area (Å²) in [5.41, 5.74) is 0. The summed E-state index contributed by atoms with van der Waals surface area (Å²) in [5, 5.41) is 13.2. The Bertz CT molecular complexity index is 347. The molecule has 13 heavy (non-hydrogen) atoms. The van der Waals surface area contributed by atoms with Crippen molar-refractivity contribution in [2.24, 2.45) is 5.16 Å². The summed E-state index contributed by atoms with van der Waals surface area (Å²) in [6.07, 6.45) is -0.367. The van der Waals surface area contributed by atoms with Gasteiger partial charge < -0.3 is 15.1 Å². The first-order valence-electron chi connectivity index (χ1n) is 3.16. The van der Waals surface area contributed by atoms with Crippen molar-refractivity contribution in [2.75, 3.05) is 0 Å². The van der Waals surface area contributed by atoms with Crippen LogP contribution < -0.4 is 10.6 Å². The van der Waals surface area contributed by atoms with Gasteiger partial charge in [0.2, 0.25) is 0 Å². The van der Waals surface area contributed by atoms with Gasteiger partial charge in [-0.05, 0) is 0 Å². The van der Waals surface area contributed by atoms with Gasteiger partial charge in [0.1, 0.15) is 15.5 Å². The lowest BCUT2D eigenvalue weighted by atomic mass is 10.3. The second kappa shape index (κ2) is 3.18. The second-order valence-corrected chi connectivity index (χ2v) is 3.89. The maximum atomic E-state index is 10.7. The van der Waals surface area contributed by atoms with Crippen LogP contribution in [0, 0.1) is 0 Å². The Morgan fingerprint density at radius 1 is 1.62 bits per heavy atom. The number of hydrogen-bond donors (Lipinski definition) is 3. The number of urea groups is 1. The molecule has 0 bridgehead atoms. The number of nitrogens with one attached hydrogen (secondary N) is 2. The zero-order valence-electron chi connectivity index (χ0n) is 6.22. The third-order valence-corrected chi connectivity index (χ3v) is 2.38. The van der Waals surface area contributed by atoms with E-state index in [1.165, 1.54) is 0 Å². The largest absolute Gasteiger partial charge is 0.746 e. The van der Waals surface area contributed by atoms with Crippen LogP contribution in [0.15, 0.2) is 5.16 Å². The zero-order valence-corrected chi connectivity index (χ0v) is 7.04. The van der Waals surface area contributed by atoms with E-state index in [0.29, 0.717) is 0 Å². The van der Waals surface area contributed by atoms with E-state index in [1.807, 2.05) is 10.6 Å². The van der Waals surface area contributed by atoms with Gasteiger partial charge in [-0.25, -0.2) is 13.2 Å². The molecule has 74 valence electrons. The second-order valence-electron chi connectivity index (χ2n) is 2.33. The number of rotatable bonds is 1. The summed E-state index contributed by atoms with van der Waals surface area (Å²) >= 11 is 0. The highest BCUT2D eigenvalue weighted by Gasteiger charge is 2.27. The molecule has 0 aliphatic carbocycles. The molecular weight excluding hydrogens is 202 g/mol. The van der Waals surface area contributed by atoms with Gasteiger partial charge in [-0.3, -0.25) is 5.32 Å². The van der Waals surface area contributed by atoms with Gasteiger partial charge in [0.25, 0.3) is 0 Å². The Morgan fingerprint density at radius 2 is 2.23 bits per heavy atom. The standard InChI is InChI=1S/C4H7N3O5S/c8-4-5-2(7-9)1-3(6-4)13(10,11)12/h3,9H,1H2,(H,10,11,12)(H2,5,6,7,8)/p-1. The van der Waals surface area contributed by atoms with Crippen LogP contribution in [-0.2, 0) is 10.1 Å². The van der Waals surface area contributed by atoms with E-state index >= 15 is 0 Å². The summed E-state index contributed by atoms with van der Waals surface area (Å²) in [6, 6.07) is -0.886. The summed E-state index contributed by atoms with van der Waals surface area (Å²) in [5.74, 6) is -0.256. The molecule has 2 amide bonds. The topological polar surface area (TPSA) is 131 Å². The summed E-state index contributed by atoms with van der Waals surface area (Å²) < 4.78 is 31.4. The monoisotopic (exact) mass is 208 g/mol. The minimum Gasteiger partial charge on any atom is -0.746 e. The molecule has 8 nitrogen and oxygen atoms in total. The molecule has 3 N–H and O–H groups in total. The minimum atomic E-state index is -4.62. The zero-order chi connectivity index (χ0) is 10.1. The van der Waals surface area contributed by atoms with Crippen LogP contribution in [-0.4, -0.2) is 35.4 Å². The van der Waals surface area contributed by atoms with Crippen LogP contribution >= 0.6 is 0 Å². The summed E-state index contributed by atoms with van der Waals surface area (Å²) in [4.78, 5) is 10.7. The first-order chi connectivity index (χ1) is 5.93. The van der Waals surface area contributed by atoms with Crippen molar-refractivity contribution in [3.63, 3.8) is 0 Å². The molecule has 0 aromatic heterocycles. The average Bonchev–Trinajstić information content (AvgIpc) is 2.01. The number of carbonyl (C=O) groups is 1. The molecule has 0 aromatic carbocycles. The predicted molar refractivity (Wildman–Crippen MR) is 39.0 cm³/mol. The normalized spacial score (nSPS) is 26.7. The Balaban J connectivity index is 2.86. The molecule has 1 unspecified atom stereocenters. The van der Waals surface area contributed by atoms with Crippen LogP contribution in [0.5, 0.6) is 0 Å². The number of hydrogen-bond acceptors (Lipinski definition) is 6. The average molecular weight is 208 g/mol. The van der Waals surface area contributed by atoms with Crippen molar-refractivity contribution in [3.8, 4) is 0 Å². The van der Waals surface area contributed by atoms with Crippen LogP contribution in [0.1, 0.15) is 6.42 Å². The van der Waals surface area contributed by atoms with Crippen LogP contribution in [0.3, 0.4) is 0 Å². The molecule has 1 atom stereocenters. The SMILES string of the molecule is O=C1N/C(=N\O)CC(S(=O)(=O)[O-])N1. The fourth-order valence-corrected chi connectivity index (χ4v) is 1.44. The van der Waals surface area contributed by atoms with E-state index < -0.39 is 21.5 Å². The highest BCUT2D eigenvalue weighted by molar-refractivity contribution is 7.86. The Hall–Kier alpha value is -1.35. The van der Waals surface area contributed by atoms with Crippen molar-refractivity contribution >= 4 is 22.0 Å². The van der Waals surface area contributed by atoms with E-state index in [1.54, 1.807) is 0 Å². The van der Waals surface area contributed by atoms with E-state index in [0.717, 1.165) is 0 Å². The molecule has 1 fully saturated rings. The Kier molecular flexibility index (Phi) is 2.38. The lowest BCUT2D eigenvalue weighted by Gasteiger charge is -2.26. The van der Waals surface area contributed by atoms with Crippen molar-refractivity contribution in [3.05, 3.63) is 0 Å². The van der Waals surface area contributed by atoms with E-state index in [2.05, 4.69) is 5.16 Å². The molecule has 1 saturated heterocycles. The van der Waals surface area contributed by atoms with Gasteiger partial charge >= 0.3 is 6.03 Å². The quantitative estimate of drug-likeness (QED) is 0.270. The molecule has 1 heterocycles. The first-order valence-corrected chi connectivity index (χ1v) is 4.64. The molecule has 1 rings (SSSR count). The third-order valence-electron chi connectivity index (χ3n) is 1.40.